The number of fused-ring (bicyclic) bond motifs is 1. The van der Waals surface area contributed by atoms with Crippen molar-refractivity contribution in [1.29, 1.82) is 0 Å². The Labute approximate surface area is 145 Å². The zero-order valence-corrected chi connectivity index (χ0v) is 14.7. The summed E-state index contributed by atoms with van der Waals surface area (Å²) in [6.45, 7) is 5.00. The second kappa shape index (κ2) is 5.28. The predicted molar refractivity (Wildman–Crippen MR) is 91.3 cm³/mol. The first kappa shape index (κ1) is 16.1. The zero-order chi connectivity index (χ0) is 17.9. The lowest BCUT2D eigenvalue weighted by Gasteiger charge is -2.32. The molecule has 1 spiro atoms. The molecule has 3 heterocycles. The Morgan fingerprint density at radius 3 is 2.56 bits per heavy atom. The maximum atomic E-state index is 13.1. The van der Waals surface area contributed by atoms with E-state index in [1.807, 2.05) is 31.9 Å². The van der Waals surface area contributed by atoms with E-state index in [4.69, 9.17) is 0 Å². The summed E-state index contributed by atoms with van der Waals surface area (Å²) < 4.78 is 1.71. The maximum absolute atomic E-state index is 13.1. The van der Waals surface area contributed by atoms with Gasteiger partial charge in [0, 0.05) is 25.8 Å². The summed E-state index contributed by atoms with van der Waals surface area (Å²) in [7, 11) is 1.83. The lowest BCUT2D eigenvalue weighted by molar-refractivity contribution is -0.139. The Balaban J connectivity index is 1.61. The van der Waals surface area contributed by atoms with Gasteiger partial charge in [-0.1, -0.05) is 0 Å². The number of rotatable bonds is 2. The van der Waals surface area contributed by atoms with Crippen molar-refractivity contribution in [2.24, 2.45) is 18.4 Å². The molecule has 2 fully saturated rings. The predicted octanol–water partition coefficient (Wildman–Crippen LogP) is 1.91. The number of carboxylic acids is 1. The molecule has 7 heteroatoms. The topological polar surface area (TPSA) is 88.3 Å². The fraction of sp³-hybridized carbons (Fsp3) is 0.556. The molecule has 0 aromatic carbocycles. The van der Waals surface area contributed by atoms with Crippen molar-refractivity contribution in [3.63, 3.8) is 0 Å². The van der Waals surface area contributed by atoms with E-state index in [0.717, 1.165) is 41.7 Å². The van der Waals surface area contributed by atoms with Gasteiger partial charge in [0.1, 0.15) is 0 Å². The molecule has 1 N–H and O–H groups in total. The molecule has 2 aromatic rings. The van der Waals surface area contributed by atoms with Crippen molar-refractivity contribution < 1.29 is 14.7 Å². The molecule has 2 aromatic heterocycles. The molecule has 0 radical (unpaired) electrons. The van der Waals surface area contributed by atoms with Crippen LogP contribution in [-0.2, 0) is 11.8 Å². The van der Waals surface area contributed by atoms with E-state index in [2.05, 4.69) is 10.1 Å². The Bertz CT molecular complexity index is 893. The molecule has 1 aliphatic heterocycles. The minimum absolute atomic E-state index is 0.00558. The van der Waals surface area contributed by atoms with Crippen LogP contribution < -0.4 is 0 Å². The highest BCUT2D eigenvalue weighted by Crippen LogP contribution is 2.59. The van der Waals surface area contributed by atoms with Crippen molar-refractivity contribution in [2.75, 3.05) is 13.1 Å². The number of carboxylic acid groups (broad SMARTS) is 1. The quantitative estimate of drug-likeness (QED) is 0.901. The van der Waals surface area contributed by atoms with Crippen LogP contribution in [0.2, 0.25) is 0 Å². The molecular weight excluding hydrogens is 320 g/mol. The summed E-state index contributed by atoms with van der Waals surface area (Å²) in [5.74, 6) is -0.925. The van der Waals surface area contributed by atoms with E-state index < -0.39 is 5.97 Å². The zero-order valence-electron chi connectivity index (χ0n) is 14.7. The molecule has 0 bridgehead atoms. The Hall–Kier alpha value is -2.44. The number of aryl methyl sites for hydroxylation is 3. The van der Waals surface area contributed by atoms with Crippen LogP contribution in [0.4, 0.5) is 0 Å². The van der Waals surface area contributed by atoms with E-state index in [1.165, 1.54) is 0 Å². The molecule has 4 rings (SSSR count). The summed E-state index contributed by atoms with van der Waals surface area (Å²) in [6.07, 6.45) is 2.30. The van der Waals surface area contributed by atoms with Gasteiger partial charge in [-0.05, 0) is 44.6 Å². The highest BCUT2D eigenvalue weighted by Gasteiger charge is 2.59. The summed E-state index contributed by atoms with van der Waals surface area (Å²) in [6, 6.07) is 1.83. The van der Waals surface area contributed by atoms with Gasteiger partial charge >= 0.3 is 5.97 Å². The average Bonchev–Trinajstić information content (AvgIpc) is 3.19. The third-order valence-electron chi connectivity index (χ3n) is 5.86. The second-order valence-electron chi connectivity index (χ2n) is 7.47. The highest BCUT2D eigenvalue weighted by molar-refractivity contribution is 6.06. The van der Waals surface area contributed by atoms with Gasteiger partial charge in [0.2, 0.25) is 0 Å². The second-order valence-corrected chi connectivity index (χ2v) is 7.47. The molecular formula is C18H22N4O3. The fourth-order valence-corrected chi connectivity index (χ4v) is 4.31. The first-order valence-corrected chi connectivity index (χ1v) is 8.65. The van der Waals surface area contributed by atoms with Gasteiger partial charge in [-0.2, -0.15) is 5.10 Å². The maximum Gasteiger partial charge on any atom is 0.307 e. The van der Waals surface area contributed by atoms with Crippen LogP contribution in [0.1, 0.15) is 41.0 Å². The first-order chi connectivity index (χ1) is 11.8. The van der Waals surface area contributed by atoms with Crippen LogP contribution in [-0.4, -0.2) is 49.7 Å². The van der Waals surface area contributed by atoms with Crippen LogP contribution in [0, 0.1) is 25.2 Å². The smallest absolute Gasteiger partial charge is 0.307 e. The molecule has 2 aliphatic rings. The Kier molecular flexibility index (Phi) is 3.39. The third kappa shape index (κ3) is 2.41. The largest absolute Gasteiger partial charge is 0.481 e. The number of aromatic nitrogens is 3. The first-order valence-electron chi connectivity index (χ1n) is 8.65. The number of hydrogen-bond donors (Lipinski definition) is 1. The van der Waals surface area contributed by atoms with E-state index in [9.17, 15) is 14.7 Å². The number of piperidine rings is 1. The summed E-state index contributed by atoms with van der Waals surface area (Å²) in [5, 5.41) is 14.4. The average molecular weight is 342 g/mol. The van der Waals surface area contributed by atoms with Crippen molar-refractivity contribution in [3.8, 4) is 0 Å². The Morgan fingerprint density at radius 1 is 1.28 bits per heavy atom. The number of nitrogens with zero attached hydrogens (tertiary/aromatic N) is 4. The Morgan fingerprint density at radius 2 is 1.96 bits per heavy atom. The summed E-state index contributed by atoms with van der Waals surface area (Å²) in [4.78, 5) is 30.7. The summed E-state index contributed by atoms with van der Waals surface area (Å²) >= 11 is 0. The molecule has 132 valence electrons. The van der Waals surface area contributed by atoms with Crippen LogP contribution >= 0.6 is 0 Å². The van der Waals surface area contributed by atoms with Crippen LogP contribution in [0.25, 0.3) is 11.0 Å². The van der Waals surface area contributed by atoms with E-state index in [-0.39, 0.29) is 17.2 Å². The summed E-state index contributed by atoms with van der Waals surface area (Å²) in [5.41, 5.74) is 2.89. The van der Waals surface area contributed by atoms with Gasteiger partial charge in [0.15, 0.2) is 5.65 Å². The van der Waals surface area contributed by atoms with Crippen LogP contribution in [0.15, 0.2) is 6.07 Å². The van der Waals surface area contributed by atoms with Crippen molar-refractivity contribution in [1.82, 2.24) is 19.7 Å². The minimum atomic E-state index is -0.697. The van der Waals surface area contributed by atoms with Gasteiger partial charge in [-0.25, -0.2) is 4.98 Å². The van der Waals surface area contributed by atoms with Crippen LogP contribution in [0.5, 0.6) is 0 Å². The molecule has 1 saturated carbocycles. The van der Waals surface area contributed by atoms with Gasteiger partial charge < -0.3 is 10.0 Å². The standard InChI is InChI=1S/C18H22N4O3/c1-10-8-12(14-11(2)20-21(3)15(14)19-10)16(23)22-6-4-18(5-7-22)9-13(18)17(24)25/h8,13H,4-7,9H2,1-3H3,(H,24,25). The fourth-order valence-electron chi connectivity index (χ4n) is 4.31. The van der Waals surface area contributed by atoms with Gasteiger partial charge in [0.25, 0.3) is 5.91 Å². The molecule has 1 aliphatic carbocycles. The number of amides is 1. The molecule has 7 nitrogen and oxygen atoms in total. The minimum Gasteiger partial charge on any atom is -0.481 e. The normalized spacial score (nSPS) is 21.7. The highest BCUT2D eigenvalue weighted by atomic mass is 16.4. The van der Waals surface area contributed by atoms with E-state index >= 15 is 0 Å². The van der Waals surface area contributed by atoms with Crippen LogP contribution in [0.3, 0.4) is 0 Å². The molecule has 25 heavy (non-hydrogen) atoms. The van der Waals surface area contributed by atoms with Crippen molar-refractivity contribution >= 4 is 22.9 Å². The van der Waals surface area contributed by atoms with E-state index in [1.54, 1.807) is 4.68 Å². The number of pyridine rings is 1. The number of hydrogen-bond acceptors (Lipinski definition) is 4. The van der Waals surface area contributed by atoms with Gasteiger partial charge in [-0.3, -0.25) is 14.3 Å². The van der Waals surface area contributed by atoms with Gasteiger partial charge in [0.05, 0.1) is 22.6 Å². The van der Waals surface area contributed by atoms with Crippen molar-refractivity contribution in [3.05, 3.63) is 23.0 Å². The lowest BCUT2D eigenvalue weighted by atomic mass is 9.90. The molecule has 1 amide bonds. The number of carbonyl (C=O) groups is 2. The number of aliphatic carboxylic acids is 1. The molecule has 1 atom stereocenters. The van der Waals surface area contributed by atoms with Gasteiger partial charge in [-0.15, -0.1) is 0 Å². The SMILES string of the molecule is Cc1cc(C(=O)N2CCC3(CC2)CC3C(=O)O)c2c(C)nn(C)c2n1. The third-order valence-corrected chi connectivity index (χ3v) is 5.86. The number of carbonyl (C=O) groups excluding carboxylic acids is 1. The number of likely N-dealkylation sites (tertiary alicyclic amines) is 1. The molecule has 1 unspecified atom stereocenters. The molecule has 1 saturated heterocycles. The lowest BCUT2D eigenvalue weighted by Crippen LogP contribution is -2.40. The monoisotopic (exact) mass is 342 g/mol. The van der Waals surface area contributed by atoms with E-state index in [0.29, 0.717) is 18.7 Å². The van der Waals surface area contributed by atoms with Crippen molar-refractivity contribution in [2.45, 2.75) is 33.1 Å².